The number of carbonyl (C=O) groups is 1. The Hall–Kier alpha value is -0.280. The Morgan fingerprint density at radius 3 is 2.60 bits per heavy atom. The van der Waals surface area contributed by atoms with Crippen LogP contribution in [0.2, 0.25) is 0 Å². The highest BCUT2D eigenvalue weighted by molar-refractivity contribution is 6.21. The minimum absolute atomic E-state index is 0.0572. The second-order valence-corrected chi connectivity index (χ2v) is 5.19. The maximum atomic E-state index is 11.6. The Morgan fingerprint density at radius 2 is 2.13 bits per heavy atom. The first-order chi connectivity index (χ1) is 6.99. The Labute approximate surface area is 96.7 Å². The lowest BCUT2D eigenvalue weighted by molar-refractivity contribution is -0.137. The van der Waals surface area contributed by atoms with E-state index >= 15 is 0 Å². The van der Waals surface area contributed by atoms with Crippen LogP contribution in [0.1, 0.15) is 26.7 Å². The van der Waals surface area contributed by atoms with Gasteiger partial charge in [-0.15, -0.1) is 11.6 Å². The molecule has 1 aliphatic carbocycles. The lowest BCUT2D eigenvalue weighted by Crippen LogP contribution is -2.39. The van der Waals surface area contributed by atoms with Gasteiger partial charge in [0.25, 0.3) is 0 Å². The molecule has 0 aromatic rings. The highest BCUT2D eigenvalue weighted by atomic mass is 35.5. The van der Waals surface area contributed by atoms with Crippen molar-refractivity contribution in [3.63, 3.8) is 0 Å². The summed E-state index contributed by atoms with van der Waals surface area (Å²) in [5, 5.41) is 0.324. The third-order valence-corrected chi connectivity index (χ3v) is 3.03. The van der Waals surface area contributed by atoms with E-state index in [0.29, 0.717) is 11.3 Å². The van der Waals surface area contributed by atoms with E-state index in [2.05, 4.69) is 0 Å². The summed E-state index contributed by atoms with van der Waals surface area (Å²) >= 11 is 5.88. The first-order valence-electron chi connectivity index (χ1n) is 5.48. The number of carbonyl (C=O) groups excluding carboxylic acids is 1. The molecule has 0 unspecified atom stereocenters. The lowest BCUT2D eigenvalue weighted by Gasteiger charge is -2.34. The van der Waals surface area contributed by atoms with E-state index in [1.807, 2.05) is 20.9 Å². The van der Waals surface area contributed by atoms with Crippen molar-refractivity contribution >= 4 is 17.5 Å². The maximum absolute atomic E-state index is 11.6. The third kappa shape index (κ3) is 4.39. The number of alkyl halides is 1. The van der Waals surface area contributed by atoms with Gasteiger partial charge < -0.3 is 9.64 Å². The highest BCUT2D eigenvalue weighted by Gasteiger charge is 2.29. The fourth-order valence-corrected chi connectivity index (χ4v) is 2.14. The molecule has 0 aromatic carbocycles. The van der Waals surface area contributed by atoms with Gasteiger partial charge >= 0.3 is 0 Å². The second-order valence-electron chi connectivity index (χ2n) is 4.57. The molecular formula is C11H20ClNO2. The standard InChI is InChI=1S/C11H20ClNO2/c1-8(2)15-7-11(14)13(3)6-9-4-10(12)5-9/h8-10H,4-7H2,1-3H3. The topological polar surface area (TPSA) is 29.5 Å². The zero-order chi connectivity index (χ0) is 11.4. The van der Waals surface area contributed by atoms with E-state index < -0.39 is 0 Å². The fraction of sp³-hybridized carbons (Fsp3) is 0.909. The number of halogens is 1. The predicted octanol–water partition coefficient (Wildman–Crippen LogP) is 1.89. The van der Waals surface area contributed by atoms with Gasteiger partial charge in [0.2, 0.25) is 5.91 Å². The van der Waals surface area contributed by atoms with Gasteiger partial charge in [-0.1, -0.05) is 0 Å². The number of rotatable bonds is 5. The number of amides is 1. The Kier molecular flexibility index (Phi) is 4.87. The van der Waals surface area contributed by atoms with Gasteiger partial charge in [-0.05, 0) is 32.6 Å². The van der Waals surface area contributed by atoms with E-state index in [4.69, 9.17) is 16.3 Å². The van der Waals surface area contributed by atoms with E-state index in [1.165, 1.54) is 0 Å². The Morgan fingerprint density at radius 1 is 1.53 bits per heavy atom. The van der Waals surface area contributed by atoms with E-state index in [-0.39, 0.29) is 18.6 Å². The monoisotopic (exact) mass is 233 g/mol. The van der Waals surface area contributed by atoms with Crippen LogP contribution in [0, 0.1) is 5.92 Å². The molecule has 1 saturated carbocycles. The van der Waals surface area contributed by atoms with E-state index in [0.717, 1.165) is 19.4 Å². The average molecular weight is 234 g/mol. The smallest absolute Gasteiger partial charge is 0.248 e. The van der Waals surface area contributed by atoms with Crippen molar-refractivity contribution in [3.8, 4) is 0 Å². The zero-order valence-electron chi connectivity index (χ0n) is 9.70. The summed E-state index contributed by atoms with van der Waals surface area (Å²) in [4.78, 5) is 13.3. The second kappa shape index (κ2) is 5.71. The number of ether oxygens (including phenoxy) is 1. The zero-order valence-corrected chi connectivity index (χ0v) is 10.5. The molecule has 0 bridgehead atoms. The molecule has 0 heterocycles. The van der Waals surface area contributed by atoms with Gasteiger partial charge in [-0.3, -0.25) is 4.79 Å². The van der Waals surface area contributed by atoms with Crippen molar-refractivity contribution < 1.29 is 9.53 Å². The van der Waals surface area contributed by atoms with Crippen LogP contribution in [0.25, 0.3) is 0 Å². The maximum Gasteiger partial charge on any atom is 0.248 e. The predicted molar refractivity (Wildman–Crippen MR) is 61.1 cm³/mol. The van der Waals surface area contributed by atoms with Crippen LogP contribution < -0.4 is 0 Å². The van der Waals surface area contributed by atoms with Gasteiger partial charge in [-0.2, -0.15) is 0 Å². The molecule has 0 aromatic heterocycles. The molecule has 1 aliphatic rings. The lowest BCUT2D eigenvalue weighted by atomic mass is 9.84. The molecule has 88 valence electrons. The Balaban J connectivity index is 2.15. The molecular weight excluding hydrogens is 214 g/mol. The number of hydrogen-bond acceptors (Lipinski definition) is 2. The number of hydrogen-bond donors (Lipinski definition) is 0. The molecule has 15 heavy (non-hydrogen) atoms. The van der Waals surface area contributed by atoms with Gasteiger partial charge in [0.1, 0.15) is 6.61 Å². The van der Waals surface area contributed by atoms with Crippen LogP contribution in [-0.4, -0.2) is 42.5 Å². The molecule has 0 N–H and O–H groups in total. The van der Waals surface area contributed by atoms with Crippen molar-refractivity contribution in [1.29, 1.82) is 0 Å². The quantitative estimate of drug-likeness (QED) is 0.679. The molecule has 0 spiro atoms. The van der Waals surface area contributed by atoms with Crippen LogP contribution in [-0.2, 0) is 9.53 Å². The number of likely N-dealkylation sites (N-methyl/N-ethyl adjacent to an activating group) is 1. The van der Waals surface area contributed by atoms with Crippen LogP contribution in [0.5, 0.6) is 0 Å². The Bertz CT molecular complexity index is 215. The fourth-order valence-electron chi connectivity index (χ4n) is 1.64. The molecule has 0 aliphatic heterocycles. The third-order valence-electron chi connectivity index (χ3n) is 2.68. The normalized spacial score (nSPS) is 25.1. The summed E-state index contributed by atoms with van der Waals surface area (Å²) in [6.07, 6.45) is 2.17. The van der Waals surface area contributed by atoms with E-state index in [1.54, 1.807) is 4.90 Å². The minimum atomic E-state index is 0.0572. The van der Waals surface area contributed by atoms with Crippen LogP contribution in [0.4, 0.5) is 0 Å². The molecule has 1 amide bonds. The largest absolute Gasteiger partial charge is 0.369 e. The van der Waals surface area contributed by atoms with Gasteiger partial charge in [0, 0.05) is 19.0 Å². The van der Waals surface area contributed by atoms with Gasteiger partial charge in [-0.25, -0.2) is 0 Å². The molecule has 0 saturated heterocycles. The summed E-state index contributed by atoms with van der Waals surface area (Å²) in [5.41, 5.74) is 0. The van der Waals surface area contributed by atoms with Crippen LogP contribution >= 0.6 is 11.6 Å². The molecule has 3 nitrogen and oxygen atoms in total. The SMILES string of the molecule is CC(C)OCC(=O)N(C)CC1CC(Cl)C1. The molecule has 4 heteroatoms. The molecule has 0 radical (unpaired) electrons. The van der Waals surface area contributed by atoms with E-state index in [9.17, 15) is 4.79 Å². The van der Waals surface area contributed by atoms with Gasteiger partial charge in [0.05, 0.1) is 6.10 Å². The van der Waals surface area contributed by atoms with Crippen molar-refractivity contribution in [2.75, 3.05) is 20.2 Å². The first-order valence-corrected chi connectivity index (χ1v) is 5.92. The summed E-state index contributed by atoms with van der Waals surface area (Å²) < 4.78 is 5.26. The molecule has 1 fully saturated rings. The van der Waals surface area contributed by atoms with Crippen molar-refractivity contribution in [2.45, 2.75) is 38.2 Å². The van der Waals surface area contributed by atoms with Gasteiger partial charge in [0.15, 0.2) is 0 Å². The van der Waals surface area contributed by atoms with Crippen molar-refractivity contribution in [2.24, 2.45) is 5.92 Å². The summed E-state index contributed by atoms with van der Waals surface area (Å²) in [5.74, 6) is 0.641. The van der Waals surface area contributed by atoms with Crippen LogP contribution in [0.15, 0.2) is 0 Å². The average Bonchev–Trinajstić information content (AvgIpc) is 2.11. The molecule has 0 atom stereocenters. The molecule has 1 rings (SSSR count). The summed E-state index contributed by atoms with van der Waals surface area (Å²) in [6, 6.07) is 0. The minimum Gasteiger partial charge on any atom is -0.369 e. The first kappa shape index (κ1) is 12.8. The summed E-state index contributed by atoms with van der Waals surface area (Å²) in [7, 11) is 1.83. The van der Waals surface area contributed by atoms with Crippen molar-refractivity contribution in [1.82, 2.24) is 4.90 Å². The summed E-state index contributed by atoms with van der Waals surface area (Å²) in [6.45, 7) is 4.85. The number of nitrogens with zero attached hydrogens (tertiary/aromatic N) is 1. The van der Waals surface area contributed by atoms with Crippen LogP contribution in [0.3, 0.4) is 0 Å². The highest BCUT2D eigenvalue weighted by Crippen LogP contribution is 2.32. The van der Waals surface area contributed by atoms with Crippen molar-refractivity contribution in [3.05, 3.63) is 0 Å².